The van der Waals surface area contributed by atoms with Crippen LogP contribution in [0.1, 0.15) is 0 Å². The maximum Gasteiger partial charge on any atom is 0.160 e. The van der Waals surface area contributed by atoms with Gasteiger partial charge in [-0.1, -0.05) is 279 Å². The van der Waals surface area contributed by atoms with Gasteiger partial charge in [-0.3, -0.25) is 0 Å². The van der Waals surface area contributed by atoms with Crippen LogP contribution in [-0.2, 0) is 0 Å². The van der Waals surface area contributed by atoms with E-state index < -0.39 is 0 Å². The van der Waals surface area contributed by atoms with Gasteiger partial charge in [0.2, 0.25) is 0 Å². The van der Waals surface area contributed by atoms with E-state index in [-0.39, 0.29) is 0 Å². The van der Waals surface area contributed by atoms with Crippen LogP contribution in [0.4, 0.5) is 0 Å². The number of para-hydroxylation sites is 6. The molecular weight excluding hydrogens is 1370 g/mol. The number of hydrogen-bond donors (Lipinski definition) is 0. The second kappa shape index (κ2) is 27.6. The fraction of sp³-hybridized carbons (Fsp3) is 0. The van der Waals surface area contributed by atoms with Crippen molar-refractivity contribution in [2.45, 2.75) is 0 Å². The number of fused-ring (bicyclic) bond motifs is 12. The Labute approximate surface area is 644 Å². The van der Waals surface area contributed by atoms with E-state index in [2.05, 4.69) is 291 Å². The zero-order chi connectivity index (χ0) is 74.0. The van der Waals surface area contributed by atoms with Crippen molar-refractivity contribution in [3.8, 4) is 135 Å². The van der Waals surface area contributed by atoms with Crippen LogP contribution in [0.15, 0.2) is 406 Å². The van der Waals surface area contributed by atoms with Crippen LogP contribution in [0, 0.1) is 0 Å². The first kappa shape index (κ1) is 65.2. The molecule has 0 N–H and O–H groups in total. The van der Waals surface area contributed by atoms with Gasteiger partial charge in [-0.25, -0.2) is 19.9 Å². The molecule has 0 atom stereocenters. The highest BCUT2D eigenvalue weighted by Crippen LogP contribution is 2.45. The van der Waals surface area contributed by atoms with Gasteiger partial charge in [-0.2, -0.15) is 0 Å². The molecule has 0 saturated carbocycles. The molecule has 8 heteroatoms. The molecule has 22 aromatic rings. The zero-order valence-electron chi connectivity index (χ0n) is 60.4. The third-order valence-electron chi connectivity index (χ3n) is 21.4. The Morgan fingerprint density at radius 3 is 0.821 bits per heavy atom. The van der Waals surface area contributed by atoms with Gasteiger partial charge < -0.3 is 17.7 Å². The number of nitrogens with zero attached hydrogens (tertiary/aromatic N) is 4. The molecule has 0 amide bonds. The molecule has 16 aromatic carbocycles. The summed E-state index contributed by atoms with van der Waals surface area (Å²) >= 11 is 0. The lowest BCUT2D eigenvalue weighted by Gasteiger charge is -2.14. The molecule has 0 unspecified atom stereocenters. The normalized spacial score (nSPS) is 11.6. The Bertz CT molecular complexity index is 7120. The van der Waals surface area contributed by atoms with Crippen molar-refractivity contribution in [2.24, 2.45) is 0 Å². The molecule has 524 valence electrons. The van der Waals surface area contributed by atoms with Crippen molar-refractivity contribution in [1.29, 1.82) is 0 Å². The van der Waals surface area contributed by atoms with Crippen molar-refractivity contribution in [3.63, 3.8) is 0 Å². The Hall–Kier alpha value is -15.1. The Morgan fingerprint density at radius 1 is 0.143 bits per heavy atom. The molecule has 0 aliphatic heterocycles. The van der Waals surface area contributed by atoms with Gasteiger partial charge in [0.25, 0.3) is 0 Å². The Morgan fingerprint density at radius 2 is 0.411 bits per heavy atom. The van der Waals surface area contributed by atoms with Crippen LogP contribution in [0.3, 0.4) is 0 Å². The minimum Gasteiger partial charge on any atom is -0.456 e. The Balaban J connectivity index is 0.000000141. The highest BCUT2D eigenvalue weighted by Gasteiger charge is 2.22. The first-order valence-corrected chi connectivity index (χ1v) is 37.6. The van der Waals surface area contributed by atoms with Crippen LogP contribution in [0.5, 0.6) is 0 Å². The summed E-state index contributed by atoms with van der Waals surface area (Å²) < 4.78 is 25.6. The van der Waals surface area contributed by atoms with E-state index in [4.69, 9.17) is 37.6 Å². The predicted molar refractivity (Wildman–Crippen MR) is 458 cm³/mol. The van der Waals surface area contributed by atoms with Gasteiger partial charge in [-0.05, 0) is 165 Å². The topological polar surface area (TPSA) is 104 Å². The van der Waals surface area contributed by atoms with E-state index in [1.54, 1.807) is 0 Å². The van der Waals surface area contributed by atoms with Crippen molar-refractivity contribution in [2.75, 3.05) is 0 Å². The van der Waals surface area contributed by atoms with Gasteiger partial charge in [0.05, 0.1) is 22.8 Å². The summed E-state index contributed by atoms with van der Waals surface area (Å²) in [7, 11) is 0. The highest BCUT2D eigenvalue weighted by atomic mass is 16.3. The average Bonchev–Trinajstić information content (AvgIpc) is 1.60. The second-order valence-electron chi connectivity index (χ2n) is 28.3. The molecule has 0 aliphatic rings. The summed E-state index contributed by atoms with van der Waals surface area (Å²) in [5, 5.41) is 8.73. The summed E-state index contributed by atoms with van der Waals surface area (Å²) in [6.07, 6.45) is 0. The van der Waals surface area contributed by atoms with Gasteiger partial charge in [0.1, 0.15) is 44.7 Å². The van der Waals surface area contributed by atoms with Gasteiger partial charge in [-0.15, -0.1) is 0 Å². The third kappa shape index (κ3) is 12.1. The molecule has 0 radical (unpaired) electrons. The standard InChI is InChI=1S/2C52H32N2O2/c1-3-14-33(15-4-1)35-18-11-19-36(28-35)46-32-47(54-52(53-46)34-16-5-2-6-17-34)39-30-37(40-22-12-24-44-42-20-7-9-26-48(42)55-50(40)44)29-38(31-39)41-23-13-25-45-43-21-8-10-27-49(43)56-51(41)45;1-3-12-33(13-4-1)35-16-11-17-38(26-35)46-32-47(54-52(53-46)34-14-5-2-6-15-34)41-28-39(36-22-24-50-44(30-36)42-18-7-9-20-48(42)55-50)27-40(29-41)37-23-25-51-45(31-37)43-19-8-10-21-49(43)56-51/h2*1-32H. The monoisotopic (exact) mass is 1430 g/mol. The SMILES string of the molecule is c1ccc(-c2cccc(-c3cc(-c4cc(-c5ccc6oc7ccccc7c6c5)cc(-c5ccc6oc7ccccc7c6c5)c4)nc(-c4ccccc4)n3)c2)cc1.c1ccc(-c2cccc(-c3cc(-c4cc(-c5cccc6c5oc5ccccc56)cc(-c5cccc6c5oc5ccccc56)c4)nc(-c4ccccc4)n3)c2)cc1. The van der Waals surface area contributed by atoms with E-state index in [1.807, 2.05) is 97.1 Å². The number of aromatic nitrogens is 4. The van der Waals surface area contributed by atoms with E-state index in [0.717, 1.165) is 211 Å². The van der Waals surface area contributed by atoms with Crippen LogP contribution in [0.2, 0.25) is 0 Å². The molecule has 112 heavy (non-hydrogen) atoms. The number of benzene rings is 16. The number of hydrogen-bond acceptors (Lipinski definition) is 8. The lowest BCUT2D eigenvalue weighted by atomic mass is 9.93. The molecule has 6 heterocycles. The van der Waals surface area contributed by atoms with Gasteiger partial charge in [0, 0.05) is 87.6 Å². The molecule has 6 aromatic heterocycles. The van der Waals surface area contributed by atoms with Crippen molar-refractivity contribution < 1.29 is 17.7 Å². The molecule has 8 nitrogen and oxygen atoms in total. The lowest BCUT2D eigenvalue weighted by molar-refractivity contribution is 0.668. The van der Waals surface area contributed by atoms with E-state index >= 15 is 0 Å². The molecule has 0 spiro atoms. The molecule has 0 bridgehead atoms. The van der Waals surface area contributed by atoms with Crippen LogP contribution in [-0.4, -0.2) is 19.9 Å². The summed E-state index contributed by atoms with van der Waals surface area (Å²) in [4.78, 5) is 20.9. The second-order valence-corrected chi connectivity index (χ2v) is 28.3. The fourth-order valence-electron chi connectivity index (χ4n) is 15.9. The largest absolute Gasteiger partial charge is 0.456 e. The van der Waals surface area contributed by atoms with Gasteiger partial charge >= 0.3 is 0 Å². The first-order valence-electron chi connectivity index (χ1n) is 37.6. The van der Waals surface area contributed by atoms with Crippen LogP contribution in [0.25, 0.3) is 222 Å². The quantitative estimate of drug-likeness (QED) is 0.119. The van der Waals surface area contributed by atoms with Crippen molar-refractivity contribution in [3.05, 3.63) is 388 Å². The van der Waals surface area contributed by atoms with Crippen molar-refractivity contribution in [1.82, 2.24) is 19.9 Å². The van der Waals surface area contributed by atoms with Crippen molar-refractivity contribution >= 4 is 87.8 Å². The summed E-state index contributed by atoms with van der Waals surface area (Å²) in [6.45, 7) is 0. The summed E-state index contributed by atoms with van der Waals surface area (Å²) in [5.74, 6) is 1.33. The molecule has 0 aliphatic carbocycles. The smallest absolute Gasteiger partial charge is 0.160 e. The minimum atomic E-state index is 0.661. The highest BCUT2D eigenvalue weighted by molar-refractivity contribution is 6.13. The Kier molecular flexibility index (Phi) is 16.1. The molecule has 0 saturated heterocycles. The van der Waals surface area contributed by atoms with E-state index in [0.29, 0.717) is 11.6 Å². The first-order chi connectivity index (χ1) is 55.4. The van der Waals surface area contributed by atoms with E-state index in [1.165, 1.54) is 0 Å². The maximum absolute atomic E-state index is 6.60. The van der Waals surface area contributed by atoms with E-state index in [9.17, 15) is 0 Å². The average molecular weight is 1430 g/mol. The fourth-order valence-corrected chi connectivity index (χ4v) is 15.9. The lowest BCUT2D eigenvalue weighted by Crippen LogP contribution is -1.97. The number of rotatable bonds is 12. The summed E-state index contributed by atoms with van der Waals surface area (Å²) in [5.41, 5.74) is 29.2. The van der Waals surface area contributed by atoms with Gasteiger partial charge in [0.15, 0.2) is 11.6 Å². The zero-order valence-corrected chi connectivity index (χ0v) is 60.4. The van der Waals surface area contributed by atoms with Crippen LogP contribution < -0.4 is 0 Å². The predicted octanol–water partition coefficient (Wildman–Crippen LogP) is 28.6. The minimum absolute atomic E-state index is 0.661. The summed E-state index contributed by atoms with van der Waals surface area (Å²) in [6, 6.07) is 135. The molecular formula is C104H64N4O4. The molecule has 0 fully saturated rings. The molecule has 22 rings (SSSR count). The third-order valence-corrected chi connectivity index (χ3v) is 21.4. The maximum atomic E-state index is 6.60. The number of furan rings is 4. The van der Waals surface area contributed by atoms with Crippen LogP contribution >= 0.6 is 0 Å².